The van der Waals surface area contributed by atoms with Gasteiger partial charge in [-0.3, -0.25) is 4.79 Å². The lowest BCUT2D eigenvalue weighted by Crippen LogP contribution is -2.48. The minimum Gasteiger partial charge on any atom is -0.461 e. The van der Waals surface area contributed by atoms with Gasteiger partial charge < -0.3 is 18.6 Å². The van der Waals surface area contributed by atoms with Crippen LogP contribution in [-0.4, -0.2) is 46.5 Å². The first-order valence-electron chi connectivity index (χ1n) is 11.9. The molecule has 0 amide bonds. The second-order valence-corrected chi connectivity index (χ2v) is 16.4. The van der Waals surface area contributed by atoms with E-state index in [9.17, 15) is 4.79 Å². The van der Waals surface area contributed by atoms with Gasteiger partial charge in [-0.25, -0.2) is 0 Å². The van der Waals surface area contributed by atoms with E-state index in [0.717, 1.165) is 32.5 Å². The van der Waals surface area contributed by atoms with Gasteiger partial charge in [0.15, 0.2) is 14.6 Å². The Morgan fingerprint density at radius 1 is 1.03 bits per heavy atom. The quantitative estimate of drug-likeness (QED) is 0.218. The molecule has 182 valence electrons. The summed E-state index contributed by atoms with van der Waals surface area (Å²) in [5.41, 5.74) is -0.470. The third-order valence-electron chi connectivity index (χ3n) is 6.42. The van der Waals surface area contributed by atoms with Crippen LogP contribution in [0.4, 0.5) is 0 Å². The molecule has 5 nitrogen and oxygen atoms in total. The summed E-state index contributed by atoms with van der Waals surface area (Å²) >= 11 is 0. The molecule has 0 aliphatic carbocycles. The highest BCUT2D eigenvalue weighted by Crippen LogP contribution is 2.40. The van der Waals surface area contributed by atoms with Gasteiger partial charge in [0.25, 0.3) is 0 Å². The third kappa shape index (κ3) is 9.76. The number of allylic oxidation sites excluding steroid dienone is 1. The predicted octanol–water partition coefficient (Wildman–Crippen LogP) is 6.34. The number of carbonyl (C=O) groups is 1. The summed E-state index contributed by atoms with van der Waals surface area (Å²) in [7, 11) is -1.92. The fraction of sp³-hybridized carbons (Fsp3) is 0.880. The van der Waals surface area contributed by atoms with E-state index in [1.165, 1.54) is 0 Å². The van der Waals surface area contributed by atoms with Crippen LogP contribution in [-0.2, 0) is 23.4 Å². The average Bonchev–Trinajstić information content (AvgIpc) is 2.64. The Hall–Kier alpha value is -0.693. The van der Waals surface area contributed by atoms with E-state index in [4.69, 9.17) is 18.6 Å². The van der Waals surface area contributed by atoms with E-state index in [0.29, 0.717) is 18.4 Å². The number of carbonyl (C=O) groups excluding carboxylic acids is 1. The van der Waals surface area contributed by atoms with Gasteiger partial charge in [0.1, 0.15) is 6.61 Å². The van der Waals surface area contributed by atoms with Crippen molar-refractivity contribution in [3.63, 3.8) is 0 Å². The number of ether oxygens (including phenoxy) is 3. The van der Waals surface area contributed by atoms with E-state index in [1.807, 2.05) is 26.8 Å². The second kappa shape index (κ2) is 12.0. The molecule has 0 saturated carbocycles. The smallest absolute Gasteiger partial charge is 0.311 e. The Labute approximate surface area is 192 Å². The molecule has 0 aromatic carbocycles. The lowest BCUT2D eigenvalue weighted by Gasteiger charge is -2.43. The molecule has 1 aliphatic heterocycles. The Morgan fingerprint density at radius 2 is 1.61 bits per heavy atom. The van der Waals surface area contributed by atoms with E-state index >= 15 is 0 Å². The van der Waals surface area contributed by atoms with Gasteiger partial charge in [-0.1, -0.05) is 46.8 Å². The second-order valence-electron chi connectivity index (χ2n) is 11.6. The van der Waals surface area contributed by atoms with Gasteiger partial charge in [-0.05, 0) is 63.6 Å². The minimum absolute atomic E-state index is 0.122. The van der Waals surface area contributed by atoms with Crippen molar-refractivity contribution >= 4 is 14.3 Å². The van der Waals surface area contributed by atoms with Crippen LogP contribution in [0.15, 0.2) is 12.2 Å². The summed E-state index contributed by atoms with van der Waals surface area (Å²) in [6, 6.07) is 0. The zero-order valence-corrected chi connectivity index (χ0v) is 22.7. The summed E-state index contributed by atoms with van der Waals surface area (Å²) < 4.78 is 23.9. The van der Waals surface area contributed by atoms with Crippen LogP contribution in [0.25, 0.3) is 0 Å². The minimum atomic E-state index is -1.92. The maximum Gasteiger partial charge on any atom is 0.311 e. The maximum atomic E-state index is 11.9. The standard InChI is InChI=1S/C25H48O5Si/c1-19(14-11-12-15-29-23(26)24(3,4)5)22(30-31(9,10)25(6,7)8)20(2)18-21-27-16-13-17-28-21/h11-12,19-22H,13-18H2,1-10H3/b12-11+/t19-,20+,22+/m1/s1. The molecule has 0 unspecified atom stereocenters. The summed E-state index contributed by atoms with van der Waals surface area (Å²) in [6.07, 6.45) is 6.74. The summed E-state index contributed by atoms with van der Waals surface area (Å²) in [4.78, 5) is 11.9. The molecule has 0 radical (unpaired) electrons. The van der Waals surface area contributed by atoms with Crippen molar-refractivity contribution in [3.8, 4) is 0 Å². The van der Waals surface area contributed by atoms with Crippen LogP contribution >= 0.6 is 0 Å². The van der Waals surface area contributed by atoms with E-state index in [1.54, 1.807) is 0 Å². The SMILES string of the molecule is C[C@H](C/C=C/COC(=O)C(C)(C)C)[C@H](O[Si](C)(C)C(C)(C)C)[C@@H](C)CC1OCCCO1. The molecule has 0 aromatic heterocycles. The first kappa shape index (κ1) is 28.3. The van der Waals surface area contributed by atoms with Crippen LogP contribution in [0.1, 0.15) is 74.7 Å². The van der Waals surface area contributed by atoms with Crippen molar-refractivity contribution in [1.82, 2.24) is 0 Å². The van der Waals surface area contributed by atoms with Gasteiger partial charge in [-0.15, -0.1) is 0 Å². The van der Waals surface area contributed by atoms with Crippen LogP contribution in [0.2, 0.25) is 18.1 Å². The van der Waals surface area contributed by atoms with Gasteiger partial charge in [0.2, 0.25) is 0 Å². The topological polar surface area (TPSA) is 54.0 Å². The zero-order chi connectivity index (χ0) is 23.9. The first-order valence-corrected chi connectivity index (χ1v) is 14.8. The first-order chi connectivity index (χ1) is 14.1. The summed E-state index contributed by atoms with van der Waals surface area (Å²) in [5, 5.41) is 0.152. The van der Waals surface area contributed by atoms with Crippen molar-refractivity contribution < 1.29 is 23.4 Å². The summed E-state index contributed by atoms with van der Waals surface area (Å²) in [5.74, 6) is 0.479. The number of rotatable bonds is 10. The van der Waals surface area contributed by atoms with Crippen LogP contribution < -0.4 is 0 Å². The molecule has 3 atom stereocenters. The van der Waals surface area contributed by atoms with Gasteiger partial charge in [0, 0.05) is 6.42 Å². The number of hydrogen-bond acceptors (Lipinski definition) is 5. The molecule has 1 heterocycles. The van der Waals surface area contributed by atoms with E-state index in [2.05, 4.69) is 53.8 Å². The molecule has 31 heavy (non-hydrogen) atoms. The van der Waals surface area contributed by atoms with Crippen LogP contribution in [0.3, 0.4) is 0 Å². The van der Waals surface area contributed by atoms with Gasteiger partial charge >= 0.3 is 5.97 Å². The van der Waals surface area contributed by atoms with Crippen molar-refractivity contribution in [1.29, 1.82) is 0 Å². The lowest BCUT2D eigenvalue weighted by molar-refractivity contribution is -0.190. The highest BCUT2D eigenvalue weighted by molar-refractivity contribution is 6.74. The lowest BCUT2D eigenvalue weighted by atomic mass is 9.88. The highest BCUT2D eigenvalue weighted by atomic mass is 28.4. The van der Waals surface area contributed by atoms with Gasteiger partial charge in [-0.2, -0.15) is 0 Å². The fourth-order valence-corrected chi connectivity index (χ4v) is 4.77. The van der Waals surface area contributed by atoms with Crippen LogP contribution in [0.5, 0.6) is 0 Å². The van der Waals surface area contributed by atoms with Crippen molar-refractivity contribution in [3.05, 3.63) is 12.2 Å². The fourth-order valence-electron chi connectivity index (χ4n) is 3.27. The van der Waals surface area contributed by atoms with Gasteiger partial charge in [0.05, 0.1) is 24.7 Å². The molecule has 1 saturated heterocycles. The highest BCUT2D eigenvalue weighted by Gasteiger charge is 2.41. The molecule has 0 N–H and O–H groups in total. The Balaban J connectivity index is 2.76. The third-order valence-corrected chi connectivity index (χ3v) is 10.9. The normalized spacial score (nSPS) is 19.9. The number of esters is 1. The van der Waals surface area contributed by atoms with Crippen LogP contribution in [0, 0.1) is 17.3 Å². The van der Waals surface area contributed by atoms with Crippen molar-refractivity contribution in [2.24, 2.45) is 17.3 Å². The molecule has 0 spiro atoms. The molecule has 6 heteroatoms. The molecule has 1 aliphatic rings. The van der Waals surface area contributed by atoms with E-state index < -0.39 is 13.7 Å². The van der Waals surface area contributed by atoms with Crippen molar-refractivity contribution in [2.45, 2.75) is 105 Å². The predicted molar refractivity (Wildman–Crippen MR) is 129 cm³/mol. The monoisotopic (exact) mass is 456 g/mol. The zero-order valence-electron chi connectivity index (χ0n) is 21.7. The molecular formula is C25H48O5Si. The molecular weight excluding hydrogens is 408 g/mol. The Morgan fingerprint density at radius 3 is 2.13 bits per heavy atom. The number of hydrogen-bond donors (Lipinski definition) is 0. The Kier molecular flexibility index (Phi) is 10.9. The molecule has 0 aromatic rings. The maximum absolute atomic E-state index is 11.9. The average molecular weight is 457 g/mol. The van der Waals surface area contributed by atoms with E-state index in [-0.39, 0.29) is 23.4 Å². The largest absolute Gasteiger partial charge is 0.461 e. The molecule has 0 bridgehead atoms. The molecule has 1 rings (SSSR count). The Bertz CT molecular complexity index is 567. The van der Waals surface area contributed by atoms with Crippen molar-refractivity contribution in [2.75, 3.05) is 19.8 Å². The summed E-state index contributed by atoms with van der Waals surface area (Å²) in [6.45, 7) is 23.4. The molecule has 1 fully saturated rings.